The molecule has 1 aliphatic carbocycles. The molecule has 6 nitrogen and oxygen atoms in total. The lowest BCUT2D eigenvalue weighted by Gasteiger charge is -2.05. The second kappa shape index (κ2) is 6.09. The van der Waals surface area contributed by atoms with E-state index in [1.54, 1.807) is 18.5 Å². The van der Waals surface area contributed by atoms with Crippen LogP contribution in [0.2, 0.25) is 0 Å². The minimum Gasteiger partial charge on any atom is -0.296 e. The number of pyridine rings is 1. The lowest BCUT2D eigenvalue weighted by molar-refractivity contribution is 0.102. The molecule has 0 unspecified atom stereocenters. The van der Waals surface area contributed by atoms with Crippen LogP contribution in [0.5, 0.6) is 0 Å². The average molecular weight is 337 g/mol. The summed E-state index contributed by atoms with van der Waals surface area (Å²) in [6.07, 6.45) is 5.67. The molecule has 0 saturated heterocycles. The molecule has 120 valence electrons. The highest BCUT2D eigenvalue weighted by Crippen LogP contribution is 2.38. The maximum atomic E-state index is 12.5. The molecule has 3 aromatic rings. The SMILES string of the molecule is Cc1cc(C(=O)Nc2nc(-c3cccnc3)cs2)nc(C2CC2)n1. The number of rotatable bonds is 4. The second-order valence-corrected chi connectivity index (χ2v) is 6.62. The van der Waals surface area contributed by atoms with Crippen LogP contribution in [0.25, 0.3) is 11.3 Å². The van der Waals surface area contributed by atoms with Crippen LogP contribution in [0.15, 0.2) is 36.0 Å². The predicted molar refractivity (Wildman–Crippen MR) is 92.0 cm³/mol. The van der Waals surface area contributed by atoms with Gasteiger partial charge in [0.2, 0.25) is 0 Å². The number of thiazole rings is 1. The third-order valence-electron chi connectivity index (χ3n) is 3.73. The van der Waals surface area contributed by atoms with Crippen molar-refractivity contribution in [1.82, 2.24) is 19.9 Å². The Morgan fingerprint density at radius 3 is 2.92 bits per heavy atom. The van der Waals surface area contributed by atoms with E-state index >= 15 is 0 Å². The fraction of sp³-hybridized carbons (Fsp3) is 0.235. The smallest absolute Gasteiger partial charge is 0.276 e. The molecule has 1 amide bonds. The van der Waals surface area contributed by atoms with Crippen molar-refractivity contribution in [2.45, 2.75) is 25.7 Å². The first kappa shape index (κ1) is 14.9. The lowest BCUT2D eigenvalue weighted by atomic mass is 10.2. The number of hydrogen-bond donors (Lipinski definition) is 1. The van der Waals surface area contributed by atoms with Crippen LogP contribution < -0.4 is 5.32 Å². The Labute approximate surface area is 143 Å². The van der Waals surface area contributed by atoms with Gasteiger partial charge in [0.15, 0.2) is 5.13 Å². The van der Waals surface area contributed by atoms with Gasteiger partial charge in [0, 0.05) is 34.9 Å². The Balaban J connectivity index is 1.53. The molecule has 0 atom stereocenters. The maximum Gasteiger partial charge on any atom is 0.276 e. The fourth-order valence-corrected chi connectivity index (χ4v) is 3.09. The third-order valence-corrected chi connectivity index (χ3v) is 4.49. The van der Waals surface area contributed by atoms with Gasteiger partial charge in [-0.3, -0.25) is 15.1 Å². The average Bonchev–Trinajstić information content (AvgIpc) is 3.35. The highest BCUT2D eigenvalue weighted by Gasteiger charge is 2.27. The zero-order valence-corrected chi connectivity index (χ0v) is 13.9. The summed E-state index contributed by atoms with van der Waals surface area (Å²) in [6, 6.07) is 5.50. The number of amides is 1. The third kappa shape index (κ3) is 3.16. The minimum absolute atomic E-state index is 0.255. The molecule has 7 heteroatoms. The quantitative estimate of drug-likeness (QED) is 0.789. The van der Waals surface area contributed by atoms with Crippen LogP contribution >= 0.6 is 11.3 Å². The molecule has 0 aromatic carbocycles. The molecule has 1 aliphatic rings. The van der Waals surface area contributed by atoms with Gasteiger partial charge in [-0.25, -0.2) is 15.0 Å². The van der Waals surface area contributed by atoms with E-state index in [1.807, 2.05) is 24.4 Å². The monoisotopic (exact) mass is 337 g/mol. The summed E-state index contributed by atoms with van der Waals surface area (Å²) >= 11 is 1.38. The van der Waals surface area contributed by atoms with Gasteiger partial charge < -0.3 is 0 Å². The Morgan fingerprint density at radius 2 is 2.17 bits per heavy atom. The zero-order chi connectivity index (χ0) is 16.5. The summed E-state index contributed by atoms with van der Waals surface area (Å²) in [5, 5.41) is 5.26. The van der Waals surface area contributed by atoms with Crippen molar-refractivity contribution in [3.05, 3.63) is 53.2 Å². The normalized spacial score (nSPS) is 13.7. The molecule has 0 radical (unpaired) electrons. The first-order valence-corrected chi connectivity index (χ1v) is 8.60. The van der Waals surface area contributed by atoms with E-state index in [0.717, 1.165) is 35.6 Å². The molecule has 0 spiro atoms. The zero-order valence-electron chi connectivity index (χ0n) is 13.1. The summed E-state index contributed by atoms with van der Waals surface area (Å²) in [7, 11) is 0. The van der Waals surface area contributed by atoms with Crippen molar-refractivity contribution in [2.75, 3.05) is 5.32 Å². The number of anilines is 1. The van der Waals surface area contributed by atoms with Crippen molar-refractivity contribution >= 4 is 22.4 Å². The first-order chi connectivity index (χ1) is 11.7. The molecule has 0 bridgehead atoms. The largest absolute Gasteiger partial charge is 0.296 e. The van der Waals surface area contributed by atoms with E-state index in [0.29, 0.717) is 16.7 Å². The van der Waals surface area contributed by atoms with E-state index in [4.69, 9.17) is 0 Å². The van der Waals surface area contributed by atoms with Crippen LogP contribution in [-0.2, 0) is 0 Å². The maximum absolute atomic E-state index is 12.5. The number of nitrogens with one attached hydrogen (secondary N) is 1. The Kier molecular flexibility index (Phi) is 3.78. The van der Waals surface area contributed by atoms with Crippen LogP contribution in [-0.4, -0.2) is 25.8 Å². The summed E-state index contributed by atoms with van der Waals surface area (Å²) in [6.45, 7) is 1.88. The van der Waals surface area contributed by atoms with Crippen molar-refractivity contribution in [3.63, 3.8) is 0 Å². The number of aromatic nitrogens is 4. The van der Waals surface area contributed by atoms with E-state index < -0.39 is 0 Å². The topological polar surface area (TPSA) is 80.7 Å². The summed E-state index contributed by atoms with van der Waals surface area (Å²) in [5.41, 5.74) is 2.92. The molecular weight excluding hydrogens is 322 g/mol. The molecule has 4 rings (SSSR count). The Morgan fingerprint density at radius 1 is 1.29 bits per heavy atom. The molecular formula is C17H15N5OS. The lowest BCUT2D eigenvalue weighted by Crippen LogP contribution is -2.15. The molecule has 24 heavy (non-hydrogen) atoms. The minimum atomic E-state index is -0.255. The van der Waals surface area contributed by atoms with E-state index in [9.17, 15) is 4.79 Å². The molecule has 3 aromatic heterocycles. The van der Waals surface area contributed by atoms with Gasteiger partial charge in [-0.05, 0) is 38.0 Å². The van der Waals surface area contributed by atoms with Crippen molar-refractivity contribution in [2.24, 2.45) is 0 Å². The second-order valence-electron chi connectivity index (χ2n) is 5.76. The van der Waals surface area contributed by atoms with Crippen molar-refractivity contribution in [3.8, 4) is 11.3 Å². The van der Waals surface area contributed by atoms with Crippen molar-refractivity contribution in [1.29, 1.82) is 0 Å². The number of aryl methyl sites for hydroxylation is 1. The summed E-state index contributed by atoms with van der Waals surface area (Å²) in [4.78, 5) is 29.8. The summed E-state index contributed by atoms with van der Waals surface area (Å²) in [5.74, 6) is 0.929. The van der Waals surface area contributed by atoms with Crippen LogP contribution in [0.4, 0.5) is 5.13 Å². The number of carbonyl (C=O) groups excluding carboxylic acids is 1. The van der Waals surface area contributed by atoms with Gasteiger partial charge in [0.25, 0.3) is 5.91 Å². The molecule has 0 aliphatic heterocycles. The number of nitrogens with zero attached hydrogens (tertiary/aromatic N) is 4. The highest BCUT2D eigenvalue weighted by atomic mass is 32.1. The molecule has 1 saturated carbocycles. The van der Waals surface area contributed by atoms with Gasteiger partial charge in [-0.1, -0.05) is 0 Å². The van der Waals surface area contributed by atoms with Crippen LogP contribution in [0.3, 0.4) is 0 Å². The number of carbonyl (C=O) groups is 1. The van der Waals surface area contributed by atoms with Crippen molar-refractivity contribution < 1.29 is 4.79 Å². The molecule has 3 heterocycles. The molecule has 1 N–H and O–H groups in total. The highest BCUT2D eigenvalue weighted by molar-refractivity contribution is 7.14. The van der Waals surface area contributed by atoms with E-state index in [2.05, 4.69) is 25.3 Å². The molecule has 1 fully saturated rings. The first-order valence-electron chi connectivity index (χ1n) is 7.72. The van der Waals surface area contributed by atoms with Gasteiger partial charge >= 0.3 is 0 Å². The van der Waals surface area contributed by atoms with Gasteiger partial charge in [0.05, 0.1) is 5.69 Å². The summed E-state index contributed by atoms with van der Waals surface area (Å²) < 4.78 is 0. The standard InChI is InChI=1S/C17H15N5OS/c1-10-7-13(20-15(19-10)11-4-5-11)16(23)22-17-21-14(9-24-17)12-3-2-6-18-8-12/h2-3,6-9,11H,4-5H2,1H3,(H,21,22,23). The Hall–Kier alpha value is -2.67. The van der Waals surface area contributed by atoms with Gasteiger partial charge in [-0.15, -0.1) is 11.3 Å². The van der Waals surface area contributed by atoms with E-state index in [1.165, 1.54) is 11.3 Å². The van der Waals surface area contributed by atoms with E-state index in [-0.39, 0.29) is 5.91 Å². The van der Waals surface area contributed by atoms with Crippen LogP contribution in [0.1, 0.15) is 40.8 Å². The van der Waals surface area contributed by atoms with Crippen LogP contribution in [0, 0.1) is 6.92 Å². The predicted octanol–water partition coefficient (Wildman–Crippen LogP) is 3.43. The van der Waals surface area contributed by atoms with Gasteiger partial charge in [0.1, 0.15) is 11.5 Å². The fourth-order valence-electron chi connectivity index (χ4n) is 2.37. The number of hydrogen-bond acceptors (Lipinski definition) is 6. The Bertz CT molecular complexity index is 889. The van der Waals surface area contributed by atoms with Gasteiger partial charge in [-0.2, -0.15) is 0 Å².